The highest BCUT2D eigenvalue weighted by Gasteiger charge is 2.25. The van der Waals surface area contributed by atoms with E-state index >= 15 is 0 Å². The van der Waals surface area contributed by atoms with Gasteiger partial charge in [-0.25, -0.2) is 0 Å². The van der Waals surface area contributed by atoms with Gasteiger partial charge in [0.15, 0.2) is 0 Å². The summed E-state index contributed by atoms with van der Waals surface area (Å²) in [4.78, 5) is 9.93. The van der Waals surface area contributed by atoms with Crippen molar-refractivity contribution in [1.82, 2.24) is 0 Å². The van der Waals surface area contributed by atoms with Crippen molar-refractivity contribution >= 4 is 11.4 Å². The van der Waals surface area contributed by atoms with Gasteiger partial charge in [-0.15, -0.1) is 0 Å². The Morgan fingerprint density at radius 3 is 2.26 bits per heavy atom. The van der Waals surface area contributed by atoms with Crippen molar-refractivity contribution in [2.24, 2.45) is 0 Å². The van der Waals surface area contributed by atoms with E-state index < -0.39 is 17.5 Å². The highest BCUT2D eigenvalue weighted by atomic mass is 19.4. The first-order chi connectivity index (χ1) is 8.88. The van der Waals surface area contributed by atoms with E-state index in [2.05, 4.69) is 5.32 Å². The molecule has 0 amide bonds. The molecule has 1 N–H and O–H groups in total. The largest absolute Gasteiger partial charge is 0.389 e. The number of nitrogens with one attached hydrogen (secondary N) is 1. The molecule has 0 aromatic heterocycles. The standard InChI is InChI=1S/C12H15F3N2O2/c13-12(14,15)8-2-1-3-9-16-10-4-6-11(7-5-10)17(18)19/h4-7,16H,1-3,8-9H2. The van der Waals surface area contributed by atoms with E-state index in [0.717, 1.165) is 5.69 Å². The van der Waals surface area contributed by atoms with Crippen LogP contribution in [0.1, 0.15) is 25.7 Å². The van der Waals surface area contributed by atoms with E-state index in [1.54, 1.807) is 12.1 Å². The Hall–Kier alpha value is -1.79. The number of benzene rings is 1. The van der Waals surface area contributed by atoms with Crippen LogP contribution in [0.25, 0.3) is 0 Å². The van der Waals surface area contributed by atoms with Gasteiger partial charge in [0.2, 0.25) is 0 Å². The predicted molar refractivity (Wildman–Crippen MR) is 66.1 cm³/mol. The van der Waals surface area contributed by atoms with Gasteiger partial charge < -0.3 is 5.32 Å². The maximum absolute atomic E-state index is 11.9. The maximum Gasteiger partial charge on any atom is 0.389 e. The molecule has 1 rings (SSSR count). The predicted octanol–water partition coefficient (Wildman–Crippen LogP) is 4.13. The van der Waals surface area contributed by atoms with E-state index in [1.807, 2.05) is 0 Å². The number of non-ortho nitro benzene ring substituents is 1. The number of rotatable bonds is 7. The van der Waals surface area contributed by atoms with Gasteiger partial charge in [-0.1, -0.05) is 6.42 Å². The fourth-order valence-corrected chi connectivity index (χ4v) is 1.56. The van der Waals surface area contributed by atoms with E-state index in [9.17, 15) is 23.3 Å². The van der Waals surface area contributed by atoms with Crippen molar-refractivity contribution in [1.29, 1.82) is 0 Å². The van der Waals surface area contributed by atoms with Gasteiger partial charge in [0.05, 0.1) is 4.92 Å². The topological polar surface area (TPSA) is 55.2 Å². The summed E-state index contributed by atoms with van der Waals surface area (Å²) in [6.45, 7) is 0.551. The third-order valence-corrected chi connectivity index (χ3v) is 2.54. The smallest absolute Gasteiger partial charge is 0.385 e. The van der Waals surface area contributed by atoms with E-state index in [0.29, 0.717) is 19.4 Å². The van der Waals surface area contributed by atoms with Crippen LogP contribution in [0.4, 0.5) is 24.5 Å². The first-order valence-corrected chi connectivity index (χ1v) is 5.93. The first-order valence-electron chi connectivity index (χ1n) is 5.93. The van der Waals surface area contributed by atoms with E-state index in [4.69, 9.17) is 0 Å². The molecule has 1 aromatic carbocycles. The molecule has 0 saturated heterocycles. The summed E-state index contributed by atoms with van der Waals surface area (Å²) in [5.41, 5.74) is 0.733. The Labute approximate surface area is 108 Å². The third-order valence-electron chi connectivity index (χ3n) is 2.54. The number of anilines is 1. The third kappa shape index (κ3) is 6.64. The highest BCUT2D eigenvalue weighted by molar-refractivity contribution is 5.48. The summed E-state index contributed by atoms with van der Waals surface area (Å²) in [6.07, 6.45) is -3.56. The van der Waals surface area contributed by atoms with Crippen molar-refractivity contribution in [3.63, 3.8) is 0 Å². The minimum Gasteiger partial charge on any atom is -0.385 e. The molecule has 0 heterocycles. The summed E-state index contributed by atoms with van der Waals surface area (Å²) in [6, 6.07) is 5.92. The molecule has 0 saturated carbocycles. The molecule has 1 aromatic rings. The van der Waals surface area contributed by atoms with Crippen molar-refractivity contribution in [2.45, 2.75) is 31.9 Å². The average molecular weight is 276 g/mol. The van der Waals surface area contributed by atoms with E-state index in [-0.39, 0.29) is 12.1 Å². The highest BCUT2D eigenvalue weighted by Crippen LogP contribution is 2.22. The number of nitro benzene ring substituents is 1. The molecule has 19 heavy (non-hydrogen) atoms. The second-order valence-corrected chi connectivity index (χ2v) is 4.16. The first kappa shape index (κ1) is 15.3. The zero-order valence-corrected chi connectivity index (χ0v) is 10.2. The molecule has 4 nitrogen and oxygen atoms in total. The lowest BCUT2D eigenvalue weighted by molar-refractivity contribution is -0.384. The number of hydrogen-bond donors (Lipinski definition) is 1. The van der Waals surface area contributed by atoms with Crippen molar-refractivity contribution in [3.05, 3.63) is 34.4 Å². The molecule has 0 aliphatic heterocycles. The Morgan fingerprint density at radius 1 is 1.11 bits per heavy atom. The van der Waals surface area contributed by atoms with Crippen LogP contribution in [0.15, 0.2) is 24.3 Å². The SMILES string of the molecule is O=[N+]([O-])c1ccc(NCCCCCC(F)(F)F)cc1. The van der Waals surface area contributed by atoms with Crippen LogP contribution in [-0.4, -0.2) is 17.6 Å². The fraction of sp³-hybridized carbons (Fsp3) is 0.500. The molecule has 0 atom stereocenters. The zero-order valence-electron chi connectivity index (χ0n) is 10.2. The normalized spacial score (nSPS) is 11.3. The van der Waals surface area contributed by atoms with Gasteiger partial charge >= 0.3 is 6.18 Å². The van der Waals surface area contributed by atoms with Crippen molar-refractivity contribution < 1.29 is 18.1 Å². The Kier molecular flexibility index (Phi) is 5.59. The second-order valence-electron chi connectivity index (χ2n) is 4.16. The van der Waals surface area contributed by atoms with Crippen LogP contribution in [0.3, 0.4) is 0 Å². The van der Waals surface area contributed by atoms with Gasteiger partial charge in [0.1, 0.15) is 0 Å². The summed E-state index contributed by atoms with van der Waals surface area (Å²) in [5, 5.41) is 13.4. The van der Waals surface area contributed by atoms with Gasteiger partial charge in [0.25, 0.3) is 5.69 Å². The molecule has 7 heteroatoms. The molecule has 0 aliphatic rings. The number of halogens is 3. The van der Waals surface area contributed by atoms with Crippen LogP contribution in [0.5, 0.6) is 0 Å². The molecular formula is C12H15F3N2O2. The molecule has 106 valence electrons. The van der Waals surface area contributed by atoms with Gasteiger partial charge in [0, 0.05) is 30.8 Å². The summed E-state index contributed by atoms with van der Waals surface area (Å²) in [7, 11) is 0. The van der Waals surface area contributed by atoms with E-state index in [1.165, 1.54) is 12.1 Å². The molecule has 0 fully saturated rings. The van der Waals surface area contributed by atoms with Crippen LogP contribution in [0, 0.1) is 10.1 Å². The minimum absolute atomic E-state index is 0.00993. The Morgan fingerprint density at radius 2 is 1.74 bits per heavy atom. The van der Waals surface area contributed by atoms with Crippen LogP contribution < -0.4 is 5.32 Å². The van der Waals surface area contributed by atoms with Crippen molar-refractivity contribution in [2.75, 3.05) is 11.9 Å². The lowest BCUT2D eigenvalue weighted by Gasteiger charge is -2.07. The van der Waals surface area contributed by atoms with Gasteiger partial charge in [-0.3, -0.25) is 10.1 Å². The number of nitro groups is 1. The number of hydrogen-bond acceptors (Lipinski definition) is 3. The van der Waals surface area contributed by atoms with Crippen LogP contribution in [0.2, 0.25) is 0 Å². The van der Waals surface area contributed by atoms with Gasteiger partial charge in [-0.2, -0.15) is 13.2 Å². The molecule has 0 bridgehead atoms. The Bertz CT molecular complexity index is 404. The van der Waals surface area contributed by atoms with Crippen LogP contribution >= 0.6 is 0 Å². The number of alkyl halides is 3. The fourth-order valence-electron chi connectivity index (χ4n) is 1.56. The maximum atomic E-state index is 11.9. The quantitative estimate of drug-likeness (QED) is 0.463. The number of nitrogens with zero attached hydrogens (tertiary/aromatic N) is 1. The summed E-state index contributed by atoms with van der Waals surface area (Å²) >= 11 is 0. The summed E-state index contributed by atoms with van der Waals surface area (Å²) in [5.74, 6) is 0. The average Bonchev–Trinajstić information content (AvgIpc) is 2.33. The minimum atomic E-state index is -4.08. The lowest BCUT2D eigenvalue weighted by atomic mass is 10.2. The van der Waals surface area contributed by atoms with Gasteiger partial charge in [-0.05, 0) is 25.0 Å². The number of unbranched alkanes of at least 4 members (excludes halogenated alkanes) is 2. The molecule has 0 spiro atoms. The van der Waals surface area contributed by atoms with Crippen molar-refractivity contribution in [3.8, 4) is 0 Å². The molecule has 0 unspecified atom stereocenters. The zero-order chi connectivity index (χ0) is 14.3. The summed E-state index contributed by atoms with van der Waals surface area (Å²) < 4.78 is 35.6. The molecule has 0 radical (unpaired) electrons. The molecule has 0 aliphatic carbocycles. The Balaban J connectivity index is 2.17. The second kappa shape index (κ2) is 6.96. The lowest BCUT2D eigenvalue weighted by Crippen LogP contribution is -2.07. The van der Waals surface area contributed by atoms with Crippen LogP contribution in [-0.2, 0) is 0 Å². The molecular weight excluding hydrogens is 261 g/mol. The monoisotopic (exact) mass is 276 g/mol.